The van der Waals surface area contributed by atoms with Crippen LogP contribution in [0.3, 0.4) is 0 Å². The van der Waals surface area contributed by atoms with E-state index < -0.39 is 0 Å². The van der Waals surface area contributed by atoms with Crippen LogP contribution in [-0.2, 0) is 6.42 Å². The van der Waals surface area contributed by atoms with Gasteiger partial charge in [0.05, 0.1) is 0 Å². The van der Waals surface area contributed by atoms with E-state index in [1.165, 1.54) is 44.3 Å². The Labute approximate surface area is 138 Å². The second-order valence-corrected chi connectivity index (χ2v) is 6.20. The molecule has 4 rings (SSSR count). The first-order valence-corrected chi connectivity index (χ1v) is 8.48. The second-order valence-electron chi connectivity index (χ2n) is 6.20. The maximum absolute atomic E-state index is 4.31. The molecule has 0 fully saturated rings. The van der Waals surface area contributed by atoms with Gasteiger partial charge in [-0.25, -0.2) is 0 Å². The molecule has 114 valence electrons. The van der Waals surface area contributed by atoms with E-state index in [4.69, 9.17) is 0 Å². The predicted molar refractivity (Wildman–Crippen MR) is 103 cm³/mol. The van der Waals surface area contributed by atoms with Crippen LogP contribution in [0.5, 0.6) is 0 Å². The Morgan fingerprint density at radius 1 is 0.826 bits per heavy atom. The molecule has 0 radical (unpaired) electrons. The lowest BCUT2D eigenvalue weighted by atomic mass is 9.90. The lowest BCUT2D eigenvalue weighted by molar-refractivity contribution is 0.749. The molecule has 0 unspecified atom stereocenters. The number of benzene rings is 4. The van der Waals surface area contributed by atoms with Crippen LogP contribution < -0.4 is 0 Å². The molecule has 0 atom stereocenters. The minimum Gasteiger partial charge on any atom is -0.298 e. The average Bonchev–Trinajstić information content (AvgIpc) is 2.60. The summed E-state index contributed by atoms with van der Waals surface area (Å²) in [4.78, 5) is 4.31. The Balaban J connectivity index is 0.00000169. The van der Waals surface area contributed by atoms with Crippen LogP contribution in [0, 0.1) is 0 Å². The van der Waals surface area contributed by atoms with Crippen molar-refractivity contribution in [1.82, 2.24) is 0 Å². The van der Waals surface area contributed by atoms with Crippen molar-refractivity contribution < 1.29 is 1.43 Å². The quantitative estimate of drug-likeness (QED) is 0.239. The smallest absolute Gasteiger partial charge is 0.298 e. The van der Waals surface area contributed by atoms with E-state index in [1.54, 1.807) is 0 Å². The van der Waals surface area contributed by atoms with Gasteiger partial charge in [0.15, 0.2) is 0 Å². The number of unbranched alkanes of at least 4 members (excludes halogenated alkanes) is 1. The molecule has 0 aliphatic carbocycles. The fourth-order valence-electron chi connectivity index (χ4n) is 3.66. The molecule has 4 aromatic rings. The number of nitrogens with zero attached hydrogens (tertiary/aromatic N) is 1. The molecular weight excluding hydrogens is 278 g/mol. The summed E-state index contributed by atoms with van der Waals surface area (Å²) in [5, 5.41) is 8.31. The lowest BCUT2D eigenvalue weighted by Gasteiger charge is -2.13. The van der Waals surface area contributed by atoms with Gasteiger partial charge in [-0.15, -0.1) is 0 Å². The zero-order valence-electron chi connectivity index (χ0n) is 14.5. The van der Waals surface area contributed by atoms with Crippen molar-refractivity contribution in [2.45, 2.75) is 26.2 Å². The van der Waals surface area contributed by atoms with Crippen LogP contribution in [0.1, 0.15) is 26.8 Å². The molecule has 0 amide bonds. The molecule has 1 nitrogen and oxygen atoms in total. The molecule has 0 heterocycles. The van der Waals surface area contributed by atoms with Gasteiger partial charge in [-0.1, -0.05) is 54.6 Å². The monoisotopic (exact) mass is 300 g/mol. The zero-order chi connectivity index (χ0) is 15.6. The summed E-state index contributed by atoms with van der Waals surface area (Å²) in [6.07, 6.45) is 5.39. The van der Waals surface area contributed by atoms with Gasteiger partial charge in [-0.05, 0) is 70.3 Å². The Hall–Kier alpha value is -2.41. The molecule has 0 saturated heterocycles. The van der Waals surface area contributed by atoms with Crippen molar-refractivity contribution >= 4 is 38.5 Å². The van der Waals surface area contributed by atoms with Gasteiger partial charge >= 0.3 is 1.43 Å². The number of hydrogen-bond donors (Lipinski definition) is 0. The van der Waals surface area contributed by atoms with Gasteiger partial charge < -0.3 is 0 Å². The molecule has 1 heteroatoms. The number of aliphatic imine (C=N–C) groups is 1. The van der Waals surface area contributed by atoms with Gasteiger partial charge in [0, 0.05) is 6.54 Å². The maximum atomic E-state index is 4.31. The summed E-state index contributed by atoms with van der Waals surface area (Å²) >= 11 is 0. The van der Waals surface area contributed by atoms with Crippen LogP contribution in [0.25, 0.3) is 32.3 Å². The summed E-state index contributed by atoms with van der Waals surface area (Å²) in [6.45, 7) is 2.93. The highest BCUT2D eigenvalue weighted by Gasteiger charge is 2.10. The molecule has 0 spiro atoms. The Kier molecular flexibility index (Phi) is 3.70. The van der Waals surface area contributed by atoms with Gasteiger partial charge in [-0.3, -0.25) is 4.99 Å². The molecule has 4 aromatic carbocycles. The Morgan fingerprint density at radius 3 is 2.30 bits per heavy atom. The number of hydrogen-bond acceptors (Lipinski definition) is 1. The molecule has 0 aliphatic rings. The summed E-state index contributed by atoms with van der Waals surface area (Å²) in [6, 6.07) is 20.3. The van der Waals surface area contributed by atoms with E-state index in [0.717, 1.165) is 19.4 Å². The first kappa shape index (κ1) is 14.2. The zero-order valence-corrected chi connectivity index (χ0v) is 13.5. The van der Waals surface area contributed by atoms with E-state index in [2.05, 4.69) is 59.6 Å². The number of rotatable bonds is 5. The fourth-order valence-corrected chi connectivity index (χ4v) is 3.66. The molecule has 0 N–H and O–H groups in total. The van der Waals surface area contributed by atoms with Crippen LogP contribution in [0.4, 0.5) is 0 Å². The van der Waals surface area contributed by atoms with Crippen molar-refractivity contribution in [3.63, 3.8) is 0 Å². The highest BCUT2D eigenvalue weighted by atomic mass is 14.7. The second kappa shape index (κ2) is 6.00. The van der Waals surface area contributed by atoms with Crippen molar-refractivity contribution in [3.05, 3.63) is 60.2 Å². The predicted octanol–water partition coefficient (Wildman–Crippen LogP) is 6.11. The van der Waals surface area contributed by atoms with E-state index in [0.29, 0.717) is 0 Å². The van der Waals surface area contributed by atoms with E-state index >= 15 is 0 Å². The summed E-state index contributed by atoms with van der Waals surface area (Å²) in [5.41, 5.74) is 1.47. The summed E-state index contributed by atoms with van der Waals surface area (Å²) in [5.74, 6) is 0. The maximum Gasteiger partial charge on any atom is 1.00 e. The summed E-state index contributed by atoms with van der Waals surface area (Å²) in [7, 11) is 0. The van der Waals surface area contributed by atoms with Gasteiger partial charge in [-0.2, -0.15) is 0 Å². The molecular formula is C22H22N+. The average molecular weight is 300 g/mol. The van der Waals surface area contributed by atoms with Crippen molar-refractivity contribution in [3.8, 4) is 0 Å². The van der Waals surface area contributed by atoms with Crippen molar-refractivity contribution in [1.29, 1.82) is 0 Å². The van der Waals surface area contributed by atoms with Crippen LogP contribution >= 0.6 is 0 Å². The lowest BCUT2D eigenvalue weighted by Crippen LogP contribution is -1.92. The third-order valence-electron chi connectivity index (χ3n) is 4.78. The van der Waals surface area contributed by atoms with Crippen molar-refractivity contribution in [2.75, 3.05) is 6.54 Å². The largest absolute Gasteiger partial charge is 1.00 e. The number of aryl methyl sites for hydroxylation is 1. The molecule has 0 aliphatic heterocycles. The van der Waals surface area contributed by atoms with E-state index in [-0.39, 0.29) is 1.43 Å². The minimum atomic E-state index is 0. The third-order valence-corrected chi connectivity index (χ3v) is 4.78. The van der Waals surface area contributed by atoms with Gasteiger partial charge in [0.2, 0.25) is 0 Å². The summed E-state index contributed by atoms with van der Waals surface area (Å²) < 4.78 is 0. The van der Waals surface area contributed by atoms with Gasteiger partial charge in [0.1, 0.15) is 0 Å². The molecule has 0 saturated carbocycles. The van der Waals surface area contributed by atoms with Crippen LogP contribution in [-0.4, -0.2) is 12.8 Å². The Morgan fingerprint density at radius 2 is 1.52 bits per heavy atom. The van der Waals surface area contributed by atoms with E-state index in [1.807, 2.05) is 13.1 Å². The topological polar surface area (TPSA) is 12.4 Å². The first-order valence-electron chi connectivity index (χ1n) is 8.48. The normalized spacial score (nSPS) is 12.2. The Bertz CT molecular complexity index is 971. The SMILES string of the molecule is CC=NCCCCc1ccc2ccc3cccc4ccc1c2c34.[H+]. The van der Waals surface area contributed by atoms with Crippen LogP contribution in [0.15, 0.2) is 59.6 Å². The highest BCUT2D eigenvalue weighted by molar-refractivity contribution is 6.23. The first-order chi connectivity index (χ1) is 11.4. The third kappa shape index (κ3) is 2.46. The molecule has 23 heavy (non-hydrogen) atoms. The fraction of sp³-hybridized carbons (Fsp3) is 0.227. The van der Waals surface area contributed by atoms with Gasteiger partial charge in [0.25, 0.3) is 0 Å². The standard InChI is InChI=1S/C22H21N/c1-2-23-15-4-3-6-16-9-10-19-12-11-17-7-5-8-18-13-14-20(16)22(19)21(17)18/h2,5,7-14H,3-4,6,15H2,1H3/p+1. The van der Waals surface area contributed by atoms with Crippen molar-refractivity contribution in [2.24, 2.45) is 4.99 Å². The van der Waals surface area contributed by atoms with E-state index in [9.17, 15) is 0 Å². The molecule has 0 bridgehead atoms. The molecule has 0 aromatic heterocycles. The highest BCUT2D eigenvalue weighted by Crippen LogP contribution is 2.36. The minimum absolute atomic E-state index is 0. The van der Waals surface area contributed by atoms with Crippen LogP contribution in [0.2, 0.25) is 0 Å².